The lowest BCUT2D eigenvalue weighted by Crippen LogP contribution is -2.41. The predicted molar refractivity (Wildman–Crippen MR) is 114 cm³/mol. The summed E-state index contributed by atoms with van der Waals surface area (Å²) in [6.07, 6.45) is 4.97. The lowest BCUT2D eigenvalue weighted by Gasteiger charge is -2.33. The SMILES string of the molecule is CCCc1noc(-c2ccc(N3CCCC(C(=O)Nc4ncc(C)s4)C3)c(F)c2)n1. The minimum absolute atomic E-state index is 0.0691. The van der Waals surface area contributed by atoms with Crippen LogP contribution in [-0.4, -0.2) is 34.1 Å². The summed E-state index contributed by atoms with van der Waals surface area (Å²) in [5.74, 6) is 0.296. The molecule has 1 amide bonds. The fraction of sp³-hybridized carbons (Fsp3) is 0.429. The van der Waals surface area contributed by atoms with Crippen molar-refractivity contribution in [3.63, 3.8) is 0 Å². The highest BCUT2D eigenvalue weighted by atomic mass is 32.1. The number of aryl methyl sites for hydroxylation is 2. The topological polar surface area (TPSA) is 84.2 Å². The third-order valence-corrected chi connectivity index (χ3v) is 5.95. The van der Waals surface area contributed by atoms with Crippen molar-refractivity contribution in [2.24, 2.45) is 5.92 Å². The summed E-state index contributed by atoms with van der Waals surface area (Å²) in [6, 6.07) is 4.92. The maximum atomic E-state index is 14.9. The fourth-order valence-corrected chi connectivity index (χ4v) is 4.29. The zero-order chi connectivity index (χ0) is 21.1. The van der Waals surface area contributed by atoms with Gasteiger partial charge in [0.25, 0.3) is 5.89 Å². The van der Waals surface area contributed by atoms with E-state index in [1.165, 1.54) is 17.4 Å². The molecule has 1 N–H and O–H groups in total. The second-order valence-electron chi connectivity index (χ2n) is 7.48. The van der Waals surface area contributed by atoms with Crippen LogP contribution in [0, 0.1) is 18.7 Å². The van der Waals surface area contributed by atoms with Gasteiger partial charge in [0.2, 0.25) is 5.91 Å². The molecule has 9 heteroatoms. The molecule has 0 radical (unpaired) electrons. The Kier molecular flexibility index (Phi) is 6.08. The van der Waals surface area contributed by atoms with E-state index >= 15 is 0 Å². The molecule has 1 fully saturated rings. The van der Waals surface area contributed by atoms with Crippen molar-refractivity contribution >= 4 is 28.1 Å². The molecule has 3 heterocycles. The van der Waals surface area contributed by atoms with Gasteiger partial charge in [-0.1, -0.05) is 12.1 Å². The molecule has 1 aliphatic heterocycles. The number of hydrogen-bond acceptors (Lipinski definition) is 7. The van der Waals surface area contributed by atoms with Gasteiger partial charge in [-0.3, -0.25) is 4.79 Å². The van der Waals surface area contributed by atoms with E-state index < -0.39 is 0 Å². The van der Waals surface area contributed by atoms with Gasteiger partial charge in [0, 0.05) is 36.1 Å². The molecule has 1 saturated heterocycles. The first-order valence-corrected chi connectivity index (χ1v) is 11.0. The zero-order valence-corrected chi connectivity index (χ0v) is 17.8. The number of nitrogens with zero attached hydrogens (tertiary/aromatic N) is 4. The average molecular weight is 430 g/mol. The monoisotopic (exact) mass is 429 g/mol. The number of amides is 1. The predicted octanol–water partition coefficient (Wildman–Crippen LogP) is 4.45. The Morgan fingerprint density at radius 2 is 2.30 bits per heavy atom. The normalized spacial score (nSPS) is 16.6. The first-order chi connectivity index (χ1) is 14.5. The minimum Gasteiger partial charge on any atom is -0.368 e. The summed E-state index contributed by atoms with van der Waals surface area (Å²) >= 11 is 1.45. The second kappa shape index (κ2) is 8.91. The number of nitrogens with one attached hydrogen (secondary N) is 1. The largest absolute Gasteiger partial charge is 0.368 e. The maximum absolute atomic E-state index is 14.9. The van der Waals surface area contributed by atoms with E-state index in [-0.39, 0.29) is 17.6 Å². The van der Waals surface area contributed by atoms with Crippen molar-refractivity contribution in [1.82, 2.24) is 15.1 Å². The van der Waals surface area contributed by atoms with Crippen LogP contribution in [0.15, 0.2) is 28.9 Å². The average Bonchev–Trinajstić information content (AvgIpc) is 3.37. The third kappa shape index (κ3) is 4.51. The van der Waals surface area contributed by atoms with Crippen molar-refractivity contribution in [2.75, 3.05) is 23.3 Å². The summed E-state index contributed by atoms with van der Waals surface area (Å²) in [4.78, 5) is 24.1. The van der Waals surface area contributed by atoms with Gasteiger partial charge in [-0.2, -0.15) is 4.98 Å². The van der Waals surface area contributed by atoms with Gasteiger partial charge in [-0.25, -0.2) is 9.37 Å². The number of thiazole rings is 1. The molecular weight excluding hydrogens is 405 g/mol. The highest BCUT2D eigenvalue weighted by Crippen LogP contribution is 2.30. The van der Waals surface area contributed by atoms with Crippen molar-refractivity contribution < 1.29 is 13.7 Å². The Labute approximate surface area is 178 Å². The fourth-order valence-electron chi connectivity index (χ4n) is 3.62. The number of halogens is 1. The van der Waals surface area contributed by atoms with Crippen molar-refractivity contribution in [3.05, 3.63) is 40.9 Å². The lowest BCUT2D eigenvalue weighted by molar-refractivity contribution is -0.120. The molecule has 0 saturated carbocycles. The summed E-state index contributed by atoms with van der Waals surface area (Å²) in [5, 5.41) is 7.41. The number of carbonyl (C=O) groups excluding carboxylic acids is 1. The Morgan fingerprint density at radius 3 is 3.03 bits per heavy atom. The van der Waals surface area contributed by atoms with Crippen LogP contribution < -0.4 is 10.2 Å². The molecule has 1 aromatic carbocycles. The summed E-state index contributed by atoms with van der Waals surface area (Å²) < 4.78 is 20.2. The molecule has 0 spiro atoms. The van der Waals surface area contributed by atoms with E-state index in [9.17, 15) is 9.18 Å². The van der Waals surface area contributed by atoms with Crippen LogP contribution in [0.25, 0.3) is 11.5 Å². The van der Waals surface area contributed by atoms with E-state index in [4.69, 9.17) is 4.52 Å². The Hall–Kier alpha value is -2.81. The van der Waals surface area contributed by atoms with Crippen LogP contribution in [0.3, 0.4) is 0 Å². The van der Waals surface area contributed by atoms with E-state index in [2.05, 4.69) is 20.4 Å². The molecule has 4 rings (SSSR count). The van der Waals surface area contributed by atoms with Crippen molar-refractivity contribution in [3.8, 4) is 11.5 Å². The Balaban J connectivity index is 1.45. The van der Waals surface area contributed by atoms with Gasteiger partial charge in [0.15, 0.2) is 11.0 Å². The maximum Gasteiger partial charge on any atom is 0.258 e. The van der Waals surface area contributed by atoms with Crippen LogP contribution in [-0.2, 0) is 11.2 Å². The van der Waals surface area contributed by atoms with E-state index in [0.29, 0.717) is 41.2 Å². The van der Waals surface area contributed by atoms with Crippen molar-refractivity contribution in [1.29, 1.82) is 0 Å². The molecular formula is C21H24FN5O2S. The van der Waals surface area contributed by atoms with Gasteiger partial charge in [0.05, 0.1) is 11.6 Å². The zero-order valence-electron chi connectivity index (χ0n) is 17.0. The van der Waals surface area contributed by atoms with Crippen LogP contribution in [0.2, 0.25) is 0 Å². The van der Waals surface area contributed by atoms with Gasteiger partial charge in [-0.05, 0) is 44.4 Å². The van der Waals surface area contributed by atoms with Gasteiger partial charge < -0.3 is 14.7 Å². The minimum atomic E-state index is -0.362. The number of anilines is 2. The number of piperidine rings is 1. The van der Waals surface area contributed by atoms with Gasteiger partial charge in [-0.15, -0.1) is 11.3 Å². The van der Waals surface area contributed by atoms with Gasteiger partial charge >= 0.3 is 0 Å². The molecule has 1 unspecified atom stereocenters. The first kappa shape index (κ1) is 20.5. The number of hydrogen-bond donors (Lipinski definition) is 1. The Morgan fingerprint density at radius 1 is 1.43 bits per heavy atom. The van der Waals surface area contributed by atoms with E-state index in [1.54, 1.807) is 18.3 Å². The van der Waals surface area contributed by atoms with Gasteiger partial charge in [0.1, 0.15) is 5.82 Å². The molecule has 0 bridgehead atoms. The molecule has 1 atom stereocenters. The summed E-state index contributed by atoms with van der Waals surface area (Å²) in [5.41, 5.74) is 1.03. The van der Waals surface area contributed by atoms with E-state index in [0.717, 1.165) is 30.6 Å². The molecule has 30 heavy (non-hydrogen) atoms. The van der Waals surface area contributed by atoms with Crippen LogP contribution in [0.1, 0.15) is 36.9 Å². The quantitative estimate of drug-likeness (QED) is 0.623. The standard InChI is InChI=1S/C21H24FN5O2S/c1-3-5-18-24-20(29-26-18)14-7-8-17(16(22)10-14)27-9-4-6-15(12-27)19(28)25-21-23-11-13(2)30-21/h7-8,10-11,15H,3-6,9,12H2,1-2H3,(H,23,25,28). The van der Waals surface area contributed by atoms with Crippen LogP contribution in [0.4, 0.5) is 15.2 Å². The second-order valence-corrected chi connectivity index (χ2v) is 8.72. The molecule has 2 aromatic heterocycles. The third-order valence-electron chi connectivity index (χ3n) is 5.12. The van der Waals surface area contributed by atoms with Crippen LogP contribution >= 0.6 is 11.3 Å². The molecule has 1 aliphatic rings. The highest BCUT2D eigenvalue weighted by molar-refractivity contribution is 7.15. The first-order valence-electron chi connectivity index (χ1n) is 10.1. The smallest absolute Gasteiger partial charge is 0.258 e. The summed E-state index contributed by atoms with van der Waals surface area (Å²) in [6.45, 7) is 5.15. The van der Waals surface area contributed by atoms with Crippen LogP contribution in [0.5, 0.6) is 0 Å². The van der Waals surface area contributed by atoms with Crippen molar-refractivity contribution in [2.45, 2.75) is 39.5 Å². The van der Waals surface area contributed by atoms with E-state index in [1.807, 2.05) is 18.7 Å². The Bertz CT molecular complexity index is 1030. The highest BCUT2D eigenvalue weighted by Gasteiger charge is 2.28. The number of rotatable bonds is 6. The molecule has 158 valence electrons. The molecule has 7 nitrogen and oxygen atoms in total. The molecule has 3 aromatic rings. The lowest BCUT2D eigenvalue weighted by atomic mass is 9.96. The number of benzene rings is 1. The summed E-state index contributed by atoms with van der Waals surface area (Å²) in [7, 11) is 0. The molecule has 0 aliphatic carbocycles. The number of carbonyl (C=O) groups is 1. The number of aromatic nitrogens is 3.